The number of thioether (sulfide) groups is 1. The summed E-state index contributed by atoms with van der Waals surface area (Å²) in [6, 6.07) is 6.44. The van der Waals surface area contributed by atoms with E-state index in [9.17, 15) is 28.8 Å². The normalized spacial score (nSPS) is 25.8. The molecule has 1 saturated carbocycles. The topological polar surface area (TPSA) is 273 Å². The Kier molecular flexibility index (Phi) is 14.6. The Bertz CT molecular complexity index is 2200. The van der Waals surface area contributed by atoms with Gasteiger partial charge in [-0.15, -0.1) is 11.8 Å². The number of nitrogens with one attached hydrogen (secondary N) is 4. The molecule has 0 unspecified atom stereocenters. The number of Topliss-reactive ketones (excluding diaryl/α,β-unsaturated/α-hetero) is 1. The van der Waals surface area contributed by atoms with Crippen LogP contribution in [0.4, 0.5) is 0 Å². The molecule has 2 fully saturated rings. The van der Waals surface area contributed by atoms with Crippen molar-refractivity contribution in [3.8, 4) is 0 Å². The first-order valence-corrected chi connectivity index (χ1v) is 22.7. The predicted octanol–water partition coefficient (Wildman–Crippen LogP) is 1.75. The Morgan fingerprint density at radius 3 is 2.42 bits per heavy atom. The van der Waals surface area contributed by atoms with Crippen LogP contribution in [0, 0.1) is 11.8 Å². The third kappa shape index (κ3) is 11.0. The van der Waals surface area contributed by atoms with Crippen LogP contribution in [0.15, 0.2) is 58.8 Å². The van der Waals surface area contributed by atoms with Crippen LogP contribution < -0.4 is 33.2 Å². The fraction of sp³-hybridized carbons (Fsp3) is 0.523. The second-order valence-corrected chi connectivity index (χ2v) is 17.9. The molecule has 8 rings (SSSR count). The number of H-pyrrole nitrogens is 1. The zero-order valence-electron chi connectivity index (χ0n) is 34.9. The number of fused-ring (bicyclic) bond motifs is 15. The minimum atomic E-state index is -1.16. The fourth-order valence-electron chi connectivity index (χ4n) is 9.10. The van der Waals surface area contributed by atoms with Gasteiger partial charge in [0.2, 0.25) is 29.5 Å². The number of para-hydroxylation sites is 1. The molecule has 1 aliphatic carbocycles. The van der Waals surface area contributed by atoms with Crippen molar-refractivity contribution >= 4 is 69.0 Å². The Morgan fingerprint density at radius 1 is 0.871 bits per heavy atom. The van der Waals surface area contributed by atoms with Crippen LogP contribution in [-0.2, 0) is 41.6 Å². The van der Waals surface area contributed by atoms with Gasteiger partial charge in [-0.05, 0) is 67.7 Å². The summed E-state index contributed by atoms with van der Waals surface area (Å²) < 4.78 is 0. The van der Waals surface area contributed by atoms with E-state index in [1.165, 1.54) is 11.8 Å². The largest absolute Gasteiger partial charge is 0.370 e. The molecule has 6 heterocycles. The maximum atomic E-state index is 14.7. The molecule has 3 aromatic rings. The third-order valence-corrected chi connectivity index (χ3v) is 13.5. The number of amides is 5. The molecule has 6 atom stereocenters. The van der Waals surface area contributed by atoms with E-state index < -0.39 is 59.8 Å². The predicted molar refractivity (Wildman–Crippen MR) is 237 cm³/mol. The summed E-state index contributed by atoms with van der Waals surface area (Å²) in [5.74, 6) is -3.44. The Balaban J connectivity index is 1.24. The lowest BCUT2D eigenvalue weighted by Crippen LogP contribution is -2.55. The quantitative estimate of drug-likeness (QED) is 0.0930. The molecule has 17 nitrogen and oxygen atoms in total. The number of guanidine groups is 1. The Hall–Kier alpha value is -5.78. The maximum Gasteiger partial charge on any atom is 0.248 e. The Labute approximate surface area is 364 Å². The number of pyridine rings is 1. The van der Waals surface area contributed by atoms with E-state index in [4.69, 9.17) is 22.2 Å². The van der Waals surface area contributed by atoms with Crippen molar-refractivity contribution in [2.45, 2.75) is 114 Å². The third-order valence-electron chi connectivity index (χ3n) is 12.5. The van der Waals surface area contributed by atoms with Crippen LogP contribution in [0.2, 0.25) is 0 Å². The van der Waals surface area contributed by atoms with E-state index in [1.807, 2.05) is 30.5 Å². The summed E-state index contributed by atoms with van der Waals surface area (Å²) in [6.45, 7) is 0.568. The number of hydrogen-bond acceptors (Lipinski definition) is 10. The standard InChI is InChI=1S/C44H57N11O6S/c45-38(57)34-19-26-14-15-32(49-22-26)42-54-35(24-62-42)43(61)55-17-7-13-36(55)41(60)52-33(18-25-8-2-1-3-9-25)37(56)21-27(20-28-23-50-30-11-5-4-10-29(28)30)39(58)51-31(40(59)53-34)12-6-16-48-44(46)47/h4-5,10-11,14-15,22-23,25,27,31,33-36,50H,1-3,6-9,12-13,16-21,24H2,(H2,45,57)(H,51,58)(H,52,60)(H,53,59)(H4,46,47,48)/t27-,31+,33-,34+,35+,36+/m1/s1. The van der Waals surface area contributed by atoms with Gasteiger partial charge in [0.25, 0.3) is 0 Å². The van der Waals surface area contributed by atoms with Crippen molar-refractivity contribution in [3.63, 3.8) is 0 Å². The molecule has 5 amide bonds. The molecule has 10 N–H and O–H groups in total. The van der Waals surface area contributed by atoms with Gasteiger partial charge in [0.1, 0.15) is 29.2 Å². The second-order valence-electron chi connectivity index (χ2n) is 16.9. The van der Waals surface area contributed by atoms with Crippen molar-refractivity contribution in [1.29, 1.82) is 0 Å². The van der Waals surface area contributed by atoms with Crippen molar-refractivity contribution in [2.24, 2.45) is 39.0 Å². The summed E-state index contributed by atoms with van der Waals surface area (Å²) >= 11 is 1.40. The van der Waals surface area contributed by atoms with Gasteiger partial charge in [0.15, 0.2) is 11.7 Å². The van der Waals surface area contributed by atoms with Crippen LogP contribution in [0.25, 0.3) is 10.9 Å². The number of carbonyl (C=O) groups excluding carboxylic acids is 6. The number of aromatic nitrogens is 2. The number of aliphatic imine (C=N–C) groups is 2. The lowest BCUT2D eigenvalue weighted by Gasteiger charge is -2.30. The molecule has 62 heavy (non-hydrogen) atoms. The highest BCUT2D eigenvalue weighted by Crippen LogP contribution is 2.31. The van der Waals surface area contributed by atoms with Crippen molar-refractivity contribution in [1.82, 2.24) is 30.8 Å². The number of benzene rings is 1. The SMILES string of the molecule is NC(=O)[C@@H]1Cc2ccc(nc2)C2=N[C@@H](CS2)C(=O)N2CCC[C@H]2C(=O)N[C@H](CC2CCCCC2)C(=O)C[C@@H](Cc2c[nH]c3ccccc23)C(=O)N[C@@H](CCCN=C(N)N)C(=O)N1. The number of carbonyl (C=O) groups is 6. The molecule has 1 aromatic carbocycles. The monoisotopic (exact) mass is 867 g/mol. The molecule has 18 heteroatoms. The summed E-state index contributed by atoms with van der Waals surface area (Å²) in [7, 11) is 0. The number of hydrogen-bond donors (Lipinski definition) is 7. The number of ketones is 1. The van der Waals surface area contributed by atoms with Gasteiger partial charge in [-0.2, -0.15) is 0 Å². The first-order chi connectivity index (χ1) is 29.9. The number of aromatic amines is 1. The molecule has 4 aliphatic heterocycles. The van der Waals surface area contributed by atoms with Crippen LogP contribution in [0.3, 0.4) is 0 Å². The maximum absolute atomic E-state index is 14.7. The molecular weight excluding hydrogens is 811 g/mol. The molecule has 0 radical (unpaired) electrons. The molecule has 1 saturated heterocycles. The molecule has 2 aromatic heterocycles. The molecule has 5 aliphatic rings. The lowest BCUT2D eigenvalue weighted by molar-refractivity contribution is -0.140. The zero-order valence-corrected chi connectivity index (χ0v) is 35.7. The number of nitrogens with two attached hydrogens (primary N) is 3. The summed E-state index contributed by atoms with van der Waals surface area (Å²) in [5, 5.41) is 10.2. The van der Waals surface area contributed by atoms with Crippen molar-refractivity contribution < 1.29 is 28.8 Å². The van der Waals surface area contributed by atoms with E-state index in [0.29, 0.717) is 54.3 Å². The molecule has 330 valence electrons. The van der Waals surface area contributed by atoms with Gasteiger partial charge in [0.05, 0.1) is 11.7 Å². The zero-order chi connectivity index (χ0) is 43.8. The van der Waals surface area contributed by atoms with Crippen LogP contribution >= 0.6 is 11.8 Å². The molecular formula is C44H57N11O6S. The lowest BCUT2D eigenvalue weighted by atomic mass is 9.82. The van der Waals surface area contributed by atoms with Gasteiger partial charge < -0.3 is 43.0 Å². The van der Waals surface area contributed by atoms with Gasteiger partial charge >= 0.3 is 0 Å². The summed E-state index contributed by atoms with van der Waals surface area (Å²) in [5.41, 5.74) is 19.7. The average molecular weight is 868 g/mol. The highest BCUT2D eigenvalue weighted by atomic mass is 32.2. The minimum absolute atomic E-state index is 0.0151. The number of nitrogens with zero attached hydrogens (tertiary/aromatic N) is 4. The second kappa shape index (κ2) is 20.4. The first-order valence-electron chi connectivity index (χ1n) is 21.7. The van der Waals surface area contributed by atoms with Crippen LogP contribution in [0.5, 0.6) is 0 Å². The van der Waals surface area contributed by atoms with E-state index in [0.717, 1.165) is 48.6 Å². The smallest absolute Gasteiger partial charge is 0.248 e. The highest BCUT2D eigenvalue weighted by Gasteiger charge is 2.41. The summed E-state index contributed by atoms with van der Waals surface area (Å²) in [6.07, 6.45) is 10.2. The minimum Gasteiger partial charge on any atom is -0.370 e. The fourth-order valence-corrected chi connectivity index (χ4v) is 10.1. The van der Waals surface area contributed by atoms with Crippen molar-refractivity contribution in [3.05, 3.63) is 65.6 Å². The van der Waals surface area contributed by atoms with Gasteiger partial charge in [0, 0.05) is 60.9 Å². The highest BCUT2D eigenvalue weighted by molar-refractivity contribution is 8.14. The average Bonchev–Trinajstić information content (AvgIpc) is 4.05. The van der Waals surface area contributed by atoms with Gasteiger partial charge in [-0.25, -0.2) is 0 Å². The van der Waals surface area contributed by atoms with E-state index >= 15 is 0 Å². The van der Waals surface area contributed by atoms with E-state index in [-0.39, 0.29) is 55.8 Å². The van der Waals surface area contributed by atoms with Crippen LogP contribution in [0.1, 0.15) is 87.4 Å². The van der Waals surface area contributed by atoms with Gasteiger partial charge in [-0.3, -0.25) is 43.7 Å². The van der Waals surface area contributed by atoms with E-state index in [1.54, 1.807) is 23.2 Å². The Morgan fingerprint density at radius 2 is 1.66 bits per heavy atom. The number of primary amides is 1. The van der Waals surface area contributed by atoms with Crippen molar-refractivity contribution in [2.75, 3.05) is 18.8 Å². The van der Waals surface area contributed by atoms with Crippen LogP contribution in [-0.4, -0.2) is 110 Å². The van der Waals surface area contributed by atoms with Gasteiger partial charge in [-0.1, -0.05) is 56.4 Å². The molecule has 4 bridgehead atoms. The summed E-state index contributed by atoms with van der Waals surface area (Å²) in [4.78, 5) is 103. The molecule has 0 spiro atoms. The van der Waals surface area contributed by atoms with E-state index in [2.05, 4.69) is 30.9 Å². The number of rotatable bonds is 9. The first kappa shape index (κ1) is 44.3.